The Morgan fingerprint density at radius 3 is 2.87 bits per heavy atom. The Balaban J connectivity index is 2.08. The normalized spacial score (nSPS) is 19.1. The van der Waals surface area contributed by atoms with Gasteiger partial charge in [0.2, 0.25) is 0 Å². The Morgan fingerprint density at radius 2 is 2.13 bits per heavy atom. The van der Waals surface area contributed by atoms with Crippen LogP contribution < -0.4 is 0 Å². The van der Waals surface area contributed by atoms with Crippen molar-refractivity contribution in [1.82, 2.24) is 14.5 Å². The summed E-state index contributed by atoms with van der Waals surface area (Å²) in [6, 6.07) is 2.94. The summed E-state index contributed by atoms with van der Waals surface area (Å²) in [5, 5.41) is 9.90. The maximum Gasteiger partial charge on any atom is 0.356 e. The molecule has 1 saturated heterocycles. The van der Waals surface area contributed by atoms with Crippen molar-refractivity contribution in [2.75, 3.05) is 6.54 Å². The zero-order valence-electron chi connectivity index (χ0n) is 11.8. The van der Waals surface area contributed by atoms with Crippen molar-refractivity contribution in [3.05, 3.63) is 45.5 Å². The standard InChI is InChI=1S/C15H11Cl2N3O3/c16-7-3-4-8-10(11(7)17)14(21)19-5-1-2-9(19)13-12(15(22)23)18-6-20(8)13/h3-4,6,9H,1-2,5H2,(H,22,23)/t9-/m0/s1. The first-order valence-corrected chi connectivity index (χ1v) is 7.86. The first kappa shape index (κ1) is 14.5. The number of carboxylic acid groups (broad SMARTS) is 1. The lowest BCUT2D eigenvalue weighted by atomic mass is 10.1. The predicted molar refractivity (Wildman–Crippen MR) is 83.6 cm³/mol. The minimum Gasteiger partial charge on any atom is -0.476 e. The second-order valence-corrected chi connectivity index (χ2v) is 6.35. The Bertz CT molecular complexity index is 862. The molecule has 23 heavy (non-hydrogen) atoms. The monoisotopic (exact) mass is 351 g/mol. The molecule has 2 aliphatic rings. The van der Waals surface area contributed by atoms with Gasteiger partial charge in [0.05, 0.1) is 33.0 Å². The van der Waals surface area contributed by atoms with E-state index < -0.39 is 5.97 Å². The molecule has 0 aliphatic carbocycles. The molecule has 2 aromatic rings. The molecule has 0 bridgehead atoms. The van der Waals surface area contributed by atoms with Crippen molar-refractivity contribution in [2.24, 2.45) is 0 Å². The fourth-order valence-corrected chi connectivity index (χ4v) is 3.81. The van der Waals surface area contributed by atoms with Crippen molar-refractivity contribution in [3.63, 3.8) is 0 Å². The molecule has 1 atom stereocenters. The Morgan fingerprint density at radius 1 is 1.35 bits per heavy atom. The van der Waals surface area contributed by atoms with Crippen LogP contribution in [0, 0.1) is 0 Å². The molecule has 0 radical (unpaired) electrons. The lowest BCUT2D eigenvalue weighted by Gasteiger charge is -2.22. The highest BCUT2D eigenvalue weighted by Gasteiger charge is 2.41. The van der Waals surface area contributed by atoms with Gasteiger partial charge in [-0.05, 0) is 25.0 Å². The van der Waals surface area contributed by atoms with E-state index in [1.807, 2.05) is 0 Å². The van der Waals surface area contributed by atoms with Crippen LogP contribution in [0.4, 0.5) is 0 Å². The maximum absolute atomic E-state index is 12.9. The van der Waals surface area contributed by atoms with Crippen LogP contribution >= 0.6 is 23.2 Å². The van der Waals surface area contributed by atoms with Gasteiger partial charge in [-0.15, -0.1) is 0 Å². The van der Waals surface area contributed by atoms with Crippen molar-refractivity contribution in [1.29, 1.82) is 0 Å². The molecule has 6 nitrogen and oxygen atoms in total. The zero-order valence-corrected chi connectivity index (χ0v) is 13.3. The van der Waals surface area contributed by atoms with Crippen LogP contribution in [-0.2, 0) is 0 Å². The van der Waals surface area contributed by atoms with Gasteiger partial charge in [-0.2, -0.15) is 0 Å². The van der Waals surface area contributed by atoms with E-state index in [4.69, 9.17) is 23.2 Å². The van der Waals surface area contributed by atoms with E-state index in [1.165, 1.54) is 6.33 Å². The number of hydrogen-bond acceptors (Lipinski definition) is 3. The number of nitrogens with zero attached hydrogens (tertiary/aromatic N) is 3. The third-order valence-corrected chi connectivity index (χ3v) is 5.19. The Kier molecular flexibility index (Phi) is 3.14. The number of amides is 1. The van der Waals surface area contributed by atoms with Gasteiger partial charge in [-0.1, -0.05) is 23.2 Å². The molecule has 2 aliphatic heterocycles. The predicted octanol–water partition coefficient (Wildman–Crippen LogP) is 3.17. The van der Waals surface area contributed by atoms with Crippen LogP contribution in [0.25, 0.3) is 5.69 Å². The van der Waals surface area contributed by atoms with Crippen LogP contribution in [0.1, 0.15) is 45.4 Å². The number of benzene rings is 1. The van der Waals surface area contributed by atoms with Gasteiger partial charge >= 0.3 is 5.97 Å². The third kappa shape index (κ3) is 1.91. The van der Waals surface area contributed by atoms with E-state index >= 15 is 0 Å². The number of rotatable bonds is 1. The number of fused-ring (bicyclic) bond motifs is 5. The van der Waals surface area contributed by atoms with Gasteiger partial charge < -0.3 is 10.0 Å². The van der Waals surface area contributed by atoms with Gasteiger partial charge in [0.1, 0.15) is 6.33 Å². The van der Waals surface area contributed by atoms with E-state index in [0.717, 1.165) is 6.42 Å². The van der Waals surface area contributed by atoms with Gasteiger partial charge in [-0.25, -0.2) is 9.78 Å². The number of carboxylic acids is 1. The quantitative estimate of drug-likeness (QED) is 0.855. The van der Waals surface area contributed by atoms with Gasteiger partial charge in [0.15, 0.2) is 5.69 Å². The topological polar surface area (TPSA) is 75.4 Å². The van der Waals surface area contributed by atoms with Crippen LogP contribution in [0.2, 0.25) is 10.0 Å². The summed E-state index contributed by atoms with van der Waals surface area (Å²) < 4.78 is 1.65. The summed E-state index contributed by atoms with van der Waals surface area (Å²) >= 11 is 12.3. The smallest absolute Gasteiger partial charge is 0.356 e. The molecule has 1 amide bonds. The summed E-state index contributed by atoms with van der Waals surface area (Å²) in [4.78, 5) is 30.1. The van der Waals surface area contributed by atoms with E-state index in [9.17, 15) is 14.7 Å². The minimum atomic E-state index is -1.11. The maximum atomic E-state index is 12.9. The lowest BCUT2D eigenvalue weighted by molar-refractivity contribution is 0.0673. The molecule has 1 N–H and O–H groups in total. The number of hydrogen-bond donors (Lipinski definition) is 1. The van der Waals surface area contributed by atoms with Gasteiger partial charge in [-0.3, -0.25) is 9.36 Å². The summed E-state index contributed by atoms with van der Waals surface area (Å²) in [6.07, 6.45) is 2.92. The SMILES string of the molecule is O=C(O)c1ncn2c1[C@@H]1CCCN1C(=O)c1c-2ccc(Cl)c1Cl. The molecule has 118 valence electrons. The van der Waals surface area contributed by atoms with E-state index in [1.54, 1.807) is 21.6 Å². The molecule has 1 fully saturated rings. The van der Waals surface area contributed by atoms with E-state index in [0.29, 0.717) is 29.9 Å². The van der Waals surface area contributed by atoms with Crippen LogP contribution in [0.15, 0.2) is 18.5 Å². The lowest BCUT2D eigenvalue weighted by Crippen LogP contribution is -2.30. The van der Waals surface area contributed by atoms with Crippen LogP contribution in [0.3, 0.4) is 0 Å². The summed E-state index contributed by atoms with van der Waals surface area (Å²) in [7, 11) is 0. The third-order valence-electron chi connectivity index (χ3n) is 4.38. The number of aromatic nitrogens is 2. The summed E-state index contributed by atoms with van der Waals surface area (Å²) in [6.45, 7) is 0.552. The number of imidazole rings is 1. The first-order valence-electron chi connectivity index (χ1n) is 7.10. The fourth-order valence-electron chi connectivity index (χ4n) is 3.42. The summed E-state index contributed by atoms with van der Waals surface area (Å²) in [5.41, 5.74) is 1.28. The van der Waals surface area contributed by atoms with Crippen molar-refractivity contribution in [2.45, 2.75) is 18.9 Å². The molecule has 0 saturated carbocycles. The molecule has 1 aromatic carbocycles. The van der Waals surface area contributed by atoms with E-state index in [-0.39, 0.29) is 27.7 Å². The van der Waals surface area contributed by atoms with Gasteiger partial charge in [0.25, 0.3) is 5.91 Å². The molecule has 4 rings (SSSR count). The molecule has 0 spiro atoms. The van der Waals surface area contributed by atoms with Crippen LogP contribution in [-0.4, -0.2) is 38.0 Å². The average Bonchev–Trinajstić information content (AvgIpc) is 3.12. The molecule has 3 heterocycles. The second-order valence-electron chi connectivity index (χ2n) is 5.57. The second kappa shape index (κ2) is 4.97. The average molecular weight is 352 g/mol. The highest BCUT2D eigenvalue weighted by Crippen LogP contribution is 2.42. The highest BCUT2D eigenvalue weighted by atomic mass is 35.5. The molecular weight excluding hydrogens is 341 g/mol. The molecule has 0 unspecified atom stereocenters. The van der Waals surface area contributed by atoms with Crippen LogP contribution in [0.5, 0.6) is 0 Å². The molecular formula is C15H11Cl2N3O3. The Labute approximate surface area is 141 Å². The minimum absolute atomic E-state index is 0.0337. The first-order chi connectivity index (χ1) is 11.0. The zero-order chi connectivity index (χ0) is 16.3. The van der Waals surface area contributed by atoms with Crippen molar-refractivity contribution >= 4 is 35.1 Å². The highest BCUT2D eigenvalue weighted by molar-refractivity contribution is 6.44. The van der Waals surface area contributed by atoms with E-state index in [2.05, 4.69) is 4.98 Å². The van der Waals surface area contributed by atoms with Crippen molar-refractivity contribution < 1.29 is 14.7 Å². The number of halogens is 2. The number of aromatic carboxylic acids is 1. The van der Waals surface area contributed by atoms with Crippen molar-refractivity contribution in [3.8, 4) is 5.69 Å². The fraction of sp³-hybridized carbons (Fsp3) is 0.267. The summed E-state index contributed by atoms with van der Waals surface area (Å²) in [5.74, 6) is -1.34. The number of carbonyl (C=O) groups is 2. The molecule has 8 heteroatoms. The largest absolute Gasteiger partial charge is 0.476 e. The number of carbonyl (C=O) groups excluding carboxylic acids is 1. The van der Waals surface area contributed by atoms with Gasteiger partial charge in [0, 0.05) is 6.54 Å². The Hall–Kier alpha value is -2.05. The molecule has 1 aromatic heterocycles.